The Morgan fingerprint density at radius 3 is 3.06 bits per heavy atom. The largest absolute Gasteiger partial charge is 0.497 e. The number of aliphatic hydroxyl groups is 1. The van der Waals surface area contributed by atoms with Gasteiger partial charge in [-0.3, -0.25) is 14.7 Å². The van der Waals surface area contributed by atoms with Crippen LogP contribution in [0, 0.1) is 0 Å². The zero-order valence-electron chi connectivity index (χ0n) is 19.4. The molecule has 184 valence electrons. The minimum atomic E-state index is -1.09. The number of hydrogen-bond acceptors (Lipinski definition) is 8. The third-order valence-electron chi connectivity index (χ3n) is 6.48. The van der Waals surface area contributed by atoms with E-state index in [0.29, 0.717) is 49.1 Å². The summed E-state index contributed by atoms with van der Waals surface area (Å²) in [5.41, 5.74) is 2.22. The first-order valence-electron chi connectivity index (χ1n) is 11.6. The van der Waals surface area contributed by atoms with Gasteiger partial charge in [-0.2, -0.15) is 0 Å². The maximum atomic E-state index is 15.0. The summed E-state index contributed by atoms with van der Waals surface area (Å²) in [5.74, 6) is 1.37. The van der Waals surface area contributed by atoms with Crippen molar-refractivity contribution in [3.05, 3.63) is 53.9 Å². The predicted molar refractivity (Wildman–Crippen MR) is 128 cm³/mol. The van der Waals surface area contributed by atoms with Gasteiger partial charge in [0.05, 0.1) is 24.4 Å². The molecule has 35 heavy (non-hydrogen) atoms. The fourth-order valence-corrected chi connectivity index (χ4v) is 4.61. The third kappa shape index (κ3) is 5.19. The van der Waals surface area contributed by atoms with Crippen molar-refractivity contribution in [2.24, 2.45) is 0 Å². The van der Waals surface area contributed by atoms with Crippen LogP contribution in [0.4, 0.5) is 10.2 Å². The lowest BCUT2D eigenvalue weighted by molar-refractivity contribution is -0.118. The quantitative estimate of drug-likeness (QED) is 0.471. The number of halogens is 1. The molecule has 3 aromatic rings. The van der Waals surface area contributed by atoms with E-state index >= 15 is 4.39 Å². The molecule has 3 N–H and O–H groups in total. The molecular weight excluding hydrogens is 453 g/mol. The normalized spacial score (nSPS) is 21.2. The standard InChI is InChI=1S/C25H28FN5O4/c1-34-16-3-4-20-18(10-16)17(6-8-27-20)22(32)13-31-9-7-21(19(26)12-31)28-11-15-2-5-23-25(29-15)30-24(33)14-35-23/h2-6,8,10,19,21-22,28,32H,7,9,11-14H2,1H3,(H,29,30,33)/t19-,21-,22-/m0/s1. The number of fused-ring (bicyclic) bond motifs is 2. The second kappa shape index (κ2) is 10.1. The van der Waals surface area contributed by atoms with E-state index in [1.165, 1.54) is 0 Å². The number of nitrogens with zero attached hydrogens (tertiary/aromatic N) is 3. The number of β-amino-alcohol motifs (C(OH)–C–C–N with tert-alkyl or cyclic N) is 1. The molecule has 0 bridgehead atoms. The number of methoxy groups -OCH3 is 1. The predicted octanol–water partition coefficient (Wildman–Crippen LogP) is 2.20. The van der Waals surface area contributed by atoms with Crippen molar-refractivity contribution in [2.45, 2.75) is 31.3 Å². The molecule has 9 nitrogen and oxygen atoms in total. The number of anilines is 1. The number of carbonyl (C=O) groups excluding carboxylic acids is 1. The number of aliphatic hydroxyl groups excluding tert-OH is 1. The zero-order chi connectivity index (χ0) is 24.4. The number of pyridine rings is 2. The fraction of sp³-hybridized carbons (Fsp3) is 0.400. The van der Waals surface area contributed by atoms with Crippen LogP contribution in [-0.2, 0) is 11.3 Å². The summed E-state index contributed by atoms with van der Waals surface area (Å²) in [5, 5.41) is 17.7. The molecule has 2 aliphatic heterocycles. The molecule has 0 unspecified atom stereocenters. The van der Waals surface area contributed by atoms with Gasteiger partial charge in [-0.25, -0.2) is 9.37 Å². The van der Waals surface area contributed by atoms with Gasteiger partial charge < -0.3 is 25.2 Å². The number of aromatic nitrogens is 2. The minimum absolute atomic E-state index is 0.0192. The Kier molecular flexibility index (Phi) is 6.76. The Morgan fingerprint density at radius 2 is 2.23 bits per heavy atom. The van der Waals surface area contributed by atoms with Crippen molar-refractivity contribution in [1.29, 1.82) is 0 Å². The molecule has 3 atom stereocenters. The molecule has 1 fully saturated rings. The van der Waals surface area contributed by atoms with Gasteiger partial charge in [0.15, 0.2) is 18.2 Å². The highest BCUT2D eigenvalue weighted by molar-refractivity contribution is 5.94. The third-order valence-corrected chi connectivity index (χ3v) is 6.48. The van der Waals surface area contributed by atoms with Crippen LogP contribution in [0.25, 0.3) is 10.9 Å². The van der Waals surface area contributed by atoms with Crippen LogP contribution in [0.15, 0.2) is 42.6 Å². The molecule has 10 heteroatoms. The number of hydrogen-bond donors (Lipinski definition) is 3. The average Bonchev–Trinajstić information content (AvgIpc) is 2.87. The van der Waals surface area contributed by atoms with Gasteiger partial charge in [0.1, 0.15) is 11.9 Å². The summed E-state index contributed by atoms with van der Waals surface area (Å²) in [6, 6.07) is 10.6. The number of benzene rings is 1. The maximum absolute atomic E-state index is 15.0. The van der Waals surface area contributed by atoms with Crippen LogP contribution < -0.4 is 20.1 Å². The molecule has 2 aromatic heterocycles. The molecular formula is C25H28FN5O4. The van der Waals surface area contributed by atoms with Gasteiger partial charge in [0, 0.05) is 37.3 Å². The zero-order valence-corrected chi connectivity index (χ0v) is 19.4. The second-order valence-corrected chi connectivity index (χ2v) is 8.84. The van der Waals surface area contributed by atoms with Crippen LogP contribution in [0.1, 0.15) is 23.8 Å². The Hall–Kier alpha value is -3.34. The van der Waals surface area contributed by atoms with Crippen LogP contribution in [0.5, 0.6) is 11.5 Å². The monoisotopic (exact) mass is 481 g/mol. The van der Waals surface area contributed by atoms with Gasteiger partial charge in [-0.1, -0.05) is 0 Å². The smallest absolute Gasteiger partial charge is 0.263 e. The van der Waals surface area contributed by atoms with Crippen molar-refractivity contribution in [3.63, 3.8) is 0 Å². The number of alkyl halides is 1. The van der Waals surface area contributed by atoms with E-state index < -0.39 is 12.3 Å². The number of nitrogens with one attached hydrogen (secondary N) is 2. The van der Waals surface area contributed by atoms with E-state index in [-0.39, 0.29) is 25.1 Å². The molecule has 0 aliphatic carbocycles. The second-order valence-electron chi connectivity index (χ2n) is 8.84. The summed E-state index contributed by atoms with van der Waals surface area (Å²) in [7, 11) is 1.60. The number of ether oxygens (including phenoxy) is 2. The van der Waals surface area contributed by atoms with E-state index in [4.69, 9.17) is 9.47 Å². The van der Waals surface area contributed by atoms with Crippen LogP contribution in [0.3, 0.4) is 0 Å². The number of piperidine rings is 1. The van der Waals surface area contributed by atoms with Gasteiger partial charge in [-0.05, 0) is 54.9 Å². The molecule has 0 radical (unpaired) electrons. The number of carbonyl (C=O) groups is 1. The van der Waals surface area contributed by atoms with Gasteiger partial charge in [-0.15, -0.1) is 0 Å². The molecule has 1 saturated heterocycles. The molecule has 2 aliphatic rings. The number of amides is 1. The summed E-state index contributed by atoms with van der Waals surface area (Å²) in [4.78, 5) is 22.2. The van der Waals surface area contributed by atoms with Crippen LogP contribution in [0.2, 0.25) is 0 Å². The Bertz CT molecular complexity index is 1230. The van der Waals surface area contributed by atoms with Crippen molar-refractivity contribution < 1.29 is 23.8 Å². The van der Waals surface area contributed by atoms with E-state index in [0.717, 1.165) is 16.5 Å². The molecule has 0 saturated carbocycles. The minimum Gasteiger partial charge on any atom is -0.497 e. The van der Waals surface area contributed by atoms with Gasteiger partial charge >= 0.3 is 0 Å². The lowest BCUT2D eigenvalue weighted by atomic mass is 10.00. The lowest BCUT2D eigenvalue weighted by Gasteiger charge is -2.36. The van der Waals surface area contributed by atoms with E-state index in [1.807, 2.05) is 23.1 Å². The first-order valence-corrected chi connectivity index (χ1v) is 11.6. The summed E-state index contributed by atoms with van der Waals surface area (Å²) in [6.07, 6.45) is 0.407. The van der Waals surface area contributed by atoms with Crippen molar-refractivity contribution in [1.82, 2.24) is 20.2 Å². The van der Waals surface area contributed by atoms with Crippen LogP contribution >= 0.6 is 0 Å². The highest BCUT2D eigenvalue weighted by atomic mass is 19.1. The van der Waals surface area contributed by atoms with E-state index in [2.05, 4.69) is 20.6 Å². The van der Waals surface area contributed by atoms with Crippen molar-refractivity contribution in [2.75, 3.05) is 38.7 Å². The number of rotatable bonds is 7. The molecule has 5 rings (SSSR count). The fourth-order valence-electron chi connectivity index (χ4n) is 4.61. The van der Waals surface area contributed by atoms with Crippen LogP contribution in [-0.4, -0.2) is 71.4 Å². The summed E-state index contributed by atoms with van der Waals surface area (Å²) in [6.45, 7) is 1.57. The topological polar surface area (TPSA) is 109 Å². The maximum Gasteiger partial charge on any atom is 0.263 e. The average molecular weight is 482 g/mol. The Labute approximate surface area is 202 Å². The molecule has 1 aromatic carbocycles. The van der Waals surface area contributed by atoms with Crippen molar-refractivity contribution in [3.8, 4) is 11.5 Å². The van der Waals surface area contributed by atoms with E-state index in [9.17, 15) is 9.90 Å². The van der Waals surface area contributed by atoms with E-state index in [1.54, 1.807) is 31.5 Å². The summed E-state index contributed by atoms with van der Waals surface area (Å²) >= 11 is 0. The SMILES string of the molecule is COc1ccc2nccc([C@@H](O)CN3CC[C@H](NCc4ccc5c(n4)NC(=O)CO5)[C@@H](F)C3)c2c1. The highest BCUT2D eigenvalue weighted by Crippen LogP contribution is 2.28. The Morgan fingerprint density at radius 1 is 1.34 bits per heavy atom. The highest BCUT2D eigenvalue weighted by Gasteiger charge is 2.30. The first kappa shape index (κ1) is 23.4. The summed E-state index contributed by atoms with van der Waals surface area (Å²) < 4.78 is 25.7. The lowest BCUT2D eigenvalue weighted by Crippen LogP contribution is -2.51. The van der Waals surface area contributed by atoms with Crippen molar-refractivity contribution >= 4 is 22.6 Å². The molecule has 4 heterocycles. The number of likely N-dealkylation sites (tertiary alicyclic amines) is 1. The van der Waals surface area contributed by atoms with Gasteiger partial charge in [0.25, 0.3) is 5.91 Å². The van der Waals surface area contributed by atoms with Gasteiger partial charge in [0.2, 0.25) is 0 Å². The molecule has 0 spiro atoms. The first-order chi connectivity index (χ1) is 17.0. The Balaban J connectivity index is 1.17. The molecule has 1 amide bonds.